The number of rotatable bonds is 4. The number of hydrogen-bond acceptors (Lipinski definition) is 2. The fourth-order valence-corrected chi connectivity index (χ4v) is 1.26. The van der Waals surface area contributed by atoms with Gasteiger partial charge in [-0.2, -0.15) is 0 Å². The van der Waals surface area contributed by atoms with E-state index in [1.807, 2.05) is 0 Å². The molecule has 0 saturated heterocycles. The van der Waals surface area contributed by atoms with Crippen LogP contribution < -0.4 is 9.47 Å². The fraction of sp³-hybridized carbons (Fsp3) is 0.200. The third-order valence-electron chi connectivity index (χ3n) is 1.50. The minimum Gasteiger partial charge on any atom is -0.489 e. The van der Waals surface area contributed by atoms with Crippen molar-refractivity contribution in [1.82, 2.24) is 0 Å². The van der Waals surface area contributed by atoms with E-state index in [1.54, 1.807) is 0 Å². The van der Waals surface area contributed by atoms with E-state index >= 15 is 0 Å². The van der Waals surface area contributed by atoms with Crippen LogP contribution in [0, 0.1) is 0 Å². The summed E-state index contributed by atoms with van der Waals surface area (Å²) in [6.07, 6.45) is -3.23. The molecule has 0 radical (unpaired) electrons. The van der Waals surface area contributed by atoms with Gasteiger partial charge in [-0.05, 0) is 28.1 Å². The minimum atomic E-state index is -4.72. The maximum absolute atomic E-state index is 12.0. The molecule has 0 aliphatic rings. The third kappa shape index (κ3) is 4.14. The lowest BCUT2D eigenvalue weighted by molar-refractivity contribution is -0.274. The zero-order valence-corrected chi connectivity index (χ0v) is 9.64. The molecule has 0 amide bonds. The first-order chi connectivity index (χ1) is 7.42. The lowest BCUT2D eigenvalue weighted by atomic mass is 10.3. The highest BCUT2D eigenvalue weighted by Gasteiger charge is 2.32. The first-order valence-electron chi connectivity index (χ1n) is 4.21. The molecule has 88 valence electrons. The van der Waals surface area contributed by atoms with Crippen LogP contribution in [0.5, 0.6) is 11.5 Å². The Balaban J connectivity index is 2.86. The lowest BCUT2D eigenvalue weighted by Gasteiger charge is -2.12. The topological polar surface area (TPSA) is 18.5 Å². The first-order valence-corrected chi connectivity index (χ1v) is 5.00. The van der Waals surface area contributed by atoms with Gasteiger partial charge in [0.25, 0.3) is 0 Å². The van der Waals surface area contributed by atoms with E-state index in [0.717, 1.165) is 6.07 Å². The van der Waals surface area contributed by atoms with E-state index in [1.165, 1.54) is 18.2 Å². The van der Waals surface area contributed by atoms with Crippen LogP contribution in [0.1, 0.15) is 0 Å². The van der Waals surface area contributed by atoms with Gasteiger partial charge in [0.1, 0.15) is 18.1 Å². The SMILES string of the molecule is C=CCOc1ccc(Br)c(OC(F)(F)F)c1. The zero-order chi connectivity index (χ0) is 12.2. The Bertz CT molecular complexity index is 377. The van der Waals surface area contributed by atoms with Crippen LogP contribution in [0.25, 0.3) is 0 Å². The second-order valence-electron chi connectivity index (χ2n) is 2.74. The van der Waals surface area contributed by atoms with Crippen LogP contribution in [0.2, 0.25) is 0 Å². The molecule has 0 atom stereocenters. The summed E-state index contributed by atoms with van der Waals surface area (Å²) >= 11 is 2.95. The third-order valence-corrected chi connectivity index (χ3v) is 2.15. The summed E-state index contributed by atoms with van der Waals surface area (Å²) in [5.74, 6) is -0.0589. The average Bonchev–Trinajstić information content (AvgIpc) is 2.17. The van der Waals surface area contributed by atoms with E-state index in [0.29, 0.717) is 0 Å². The molecule has 16 heavy (non-hydrogen) atoms. The second kappa shape index (κ2) is 5.25. The van der Waals surface area contributed by atoms with Crippen LogP contribution in [-0.4, -0.2) is 13.0 Å². The Morgan fingerprint density at radius 3 is 2.62 bits per heavy atom. The van der Waals surface area contributed by atoms with Gasteiger partial charge in [-0.3, -0.25) is 0 Å². The Hall–Kier alpha value is -1.17. The molecule has 1 aromatic carbocycles. The summed E-state index contributed by atoms with van der Waals surface area (Å²) in [6.45, 7) is 3.65. The standard InChI is InChI=1S/C10H8BrF3O2/c1-2-5-15-7-3-4-8(11)9(6-7)16-10(12,13)14/h2-4,6H,1,5H2. The van der Waals surface area contributed by atoms with Crippen molar-refractivity contribution in [3.8, 4) is 11.5 Å². The Morgan fingerprint density at radius 1 is 1.38 bits per heavy atom. The predicted octanol–water partition coefficient (Wildman–Crippen LogP) is 3.91. The largest absolute Gasteiger partial charge is 0.573 e. The molecular weight excluding hydrogens is 289 g/mol. The van der Waals surface area contributed by atoms with E-state index in [2.05, 4.69) is 27.2 Å². The molecule has 0 spiro atoms. The van der Waals surface area contributed by atoms with E-state index in [-0.39, 0.29) is 22.6 Å². The smallest absolute Gasteiger partial charge is 0.489 e. The van der Waals surface area contributed by atoms with Gasteiger partial charge in [0, 0.05) is 6.07 Å². The number of ether oxygens (including phenoxy) is 2. The van der Waals surface area contributed by atoms with E-state index in [4.69, 9.17) is 4.74 Å². The number of benzene rings is 1. The van der Waals surface area contributed by atoms with Crippen LogP contribution >= 0.6 is 15.9 Å². The molecule has 0 heterocycles. The molecule has 2 nitrogen and oxygen atoms in total. The number of halogens is 4. The summed E-state index contributed by atoms with van der Waals surface area (Å²) in [6, 6.07) is 4.09. The second-order valence-corrected chi connectivity index (χ2v) is 3.59. The molecule has 1 rings (SSSR count). The summed E-state index contributed by atoms with van der Waals surface area (Å²) in [4.78, 5) is 0. The molecule has 6 heteroatoms. The maximum Gasteiger partial charge on any atom is 0.573 e. The molecule has 0 aliphatic carbocycles. The van der Waals surface area contributed by atoms with Gasteiger partial charge in [-0.15, -0.1) is 13.2 Å². The molecule has 0 saturated carbocycles. The molecule has 0 aromatic heterocycles. The molecule has 1 aromatic rings. The van der Waals surface area contributed by atoms with Crippen LogP contribution in [-0.2, 0) is 0 Å². The van der Waals surface area contributed by atoms with Crippen molar-refractivity contribution in [3.05, 3.63) is 35.3 Å². The van der Waals surface area contributed by atoms with Gasteiger partial charge in [-0.1, -0.05) is 12.7 Å². The van der Waals surface area contributed by atoms with Gasteiger partial charge in [0.2, 0.25) is 0 Å². The summed E-state index contributed by atoms with van der Waals surface area (Å²) < 4.78 is 45.1. The maximum atomic E-state index is 12.0. The average molecular weight is 297 g/mol. The summed E-state index contributed by atoms with van der Waals surface area (Å²) in [5.41, 5.74) is 0. The van der Waals surface area contributed by atoms with Crippen molar-refractivity contribution in [2.45, 2.75) is 6.36 Å². The summed E-state index contributed by atoms with van der Waals surface area (Å²) in [7, 11) is 0. The van der Waals surface area contributed by atoms with Crippen LogP contribution in [0.4, 0.5) is 13.2 Å². The zero-order valence-electron chi connectivity index (χ0n) is 8.05. The molecule has 0 fully saturated rings. The molecule has 0 bridgehead atoms. The lowest BCUT2D eigenvalue weighted by Crippen LogP contribution is -2.17. The van der Waals surface area contributed by atoms with Crippen molar-refractivity contribution in [1.29, 1.82) is 0 Å². The molecule has 0 unspecified atom stereocenters. The first kappa shape index (κ1) is 12.9. The van der Waals surface area contributed by atoms with Crippen molar-refractivity contribution in [2.75, 3.05) is 6.61 Å². The number of hydrogen-bond donors (Lipinski definition) is 0. The Labute approximate surface area is 98.8 Å². The monoisotopic (exact) mass is 296 g/mol. The van der Waals surface area contributed by atoms with Gasteiger partial charge < -0.3 is 9.47 Å². The van der Waals surface area contributed by atoms with Gasteiger partial charge in [0.15, 0.2) is 0 Å². The highest BCUT2D eigenvalue weighted by molar-refractivity contribution is 9.10. The minimum absolute atomic E-state index is 0.204. The van der Waals surface area contributed by atoms with Crippen molar-refractivity contribution >= 4 is 15.9 Å². The van der Waals surface area contributed by atoms with E-state index in [9.17, 15) is 13.2 Å². The highest BCUT2D eigenvalue weighted by Crippen LogP contribution is 2.33. The highest BCUT2D eigenvalue weighted by atomic mass is 79.9. The van der Waals surface area contributed by atoms with Crippen molar-refractivity contribution < 1.29 is 22.6 Å². The normalized spacial score (nSPS) is 11.0. The van der Waals surface area contributed by atoms with Gasteiger partial charge in [0.05, 0.1) is 4.47 Å². The summed E-state index contributed by atoms with van der Waals surface area (Å²) in [5, 5.41) is 0. The predicted molar refractivity (Wildman–Crippen MR) is 56.5 cm³/mol. The Morgan fingerprint density at radius 2 is 2.06 bits per heavy atom. The van der Waals surface area contributed by atoms with E-state index < -0.39 is 6.36 Å². The molecule has 0 aliphatic heterocycles. The molecule has 0 N–H and O–H groups in total. The Kier molecular flexibility index (Phi) is 4.23. The quantitative estimate of drug-likeness (QED) is 0.784. The van der Waals surface area contributed by atoms with Crippen LogP contribution in [0.3, 0.4) is 0 Å². The van der Waals surface area contributed by atoms with Gasteiger partial charge >= 0.3 is 6.36 Å². The number of alkyl halides is 3. The van der Waals surface area contributed by atoms with Crippen molar-refractivity contribution in [3.63, 3.8) is 0 Å². The molecular formula is C10H8BrF3O2. The van der Waals surface area contributed by atoms with Crippen LogP contribution in [0.15, 0.2) is 35.3 Å². The fourth-order valence-electron chi connectivity index (χ4n) is 0.932. The van der Waals surface area contributed by atoms with Gasteiger partial charge in [-0.25, -0.2) is 0 Å². The van der Waals surface area contributed by atoms with Crippen molar-refractivity contribution in [2.24, 2.45) is 0 Å².